The molecule has 0 saturated heterocycles. The van der Waals surface area contributed by atoms with Gasteiger partial charge in [0, 0.05) is 6.04 Å². The Bertz CT molecular complexity index is 617. The van der Waals surface area contributed by atoms with E-state index >= 15 is 0 Å². The molecule has 1 aromatic rings. The van der Waals surface area contributed by atoms with Gasteiger partial charge in [0.25, 0.3) is 0 Å². The first kappa shape index (κ1) is 19.6. The van der Waals surface area contributed by atoms with Gasteiger partial charge in [-0.25, -0.2) is 0 Å². The van der Waals surface area contributed by atoms with Gasteiger partial charge in [0.1, 0.15) is 5.60 Å². The van der Waals surface area contributed by atoms with Gasteiger partial charge in [0.15, 0.2) is 0 Å². The van der Waals surface area contributed by atoms with E-state index in [1.807, 2.05) is 39.0 Å². The summed E-state index contributed by atoms with van der Waals surface area (Å²) in [4.78, 5) is 12.0. The number of anilines is 2. The number of carbonyl (C=O) groups is 1. The van der Waals surface area contributed by atoms with Crippen molar-refractivity contribution in [3.05, 3.63) is 23.8 Å². The number of hydrogen-bond acceptors (Lipinski definition) is 4. The molecule has 4 nitrogen and oxygen atoms in total. The number of ether oxygens (including phenoxy) is 1. The minimum atomic E-state index is -0.464. The van der Waals surface area contributed by atoms with Crippen LogP contribution >= 0.6 is 0 Å². The lowest BCUT2D eigenvalue weighted by Gasteiger charge is -2.39. The first-order chi connectivity index (χ1) is 11.4. The van der Waals surface area contributed by atoms with Crippen LogP contribution in [-0.4, -0.2) is 17.6 Å². The lowest BCUT2D eigenvalue weighted by molar-refractivity contribution is -0.153. The van der Waals surface area contributed by atoms with Gasteiger partial charge in [-0.15, -0.1) is 0 Å². The van der Waals surface area contributed by atoms with Gasteiger partial charge < -0.3 is 15.8 Å². The minimum absolute atomic E-state index is 0.226. The van der Waals surface area contributed by atoms with Crippen LogP contribution in [0.25, 0.3) is 0 Å². The van der Waals surface area contributed by atoms with Crippen molar-refractivity contribution < 1.29 is 9.53 Å². The Labute approximate surface area is 152 Å². The summed E-state index contributed by atoms with van der Waals surface area (Å²) in [6.45, 7) is 12.6. The summed E-state index contributed by atoms with van der Waals surface area (Å²) in [5.74, 6) is 0.490. The molecule has 0 bridgehead atoms. The molecule has 4 heteroatoms. The molecule has 1 aliphatic rings. The fourth-order valence-electron chi connectivity index (χ4n) is 4.07. The van der Waals surface area contributed by atoms with E-state index in [4.69, 9.17) is 10.5 Å². The number of nitrogens with two attached hydrogens (primary N) is 1. The van der Waals surface area contributed by atoms with Crippen LogP contribution in [0.4, 0.5) is 11.4 Å². The van der Waals surface area contributed by atoms with Gasteiger partial charge in [-0.05, 0) is 69.1 Å². The highest BCUT2D eigenvalue weighted by atomic mass is 16.6. The first-order valence-corrected chi connectivity index (χ1v) is 9.30. The van der Waals surface area contributed by atoms with Gasteiger partial charge in [-0.1, -0.05) is 26.8 Å². The summed E-state index contributed by atoms with van der Waals surface area (Å²) < 4.78 is 5.37. The summed E-state index contributed by atoms with van der Waals surface area (Å²) in [5.41, 5.74) is 8.66. The van der Waals surface area contributed by atoms with E-state index in [1.165, 1.54) is 12.8 Å². The molecule has 2 rings (SSSR count). The number of hydrogen-bond donors (Lipinski definition) is 2. The monoisotopic (exact) mass is 346 g/mol. The highest BCUT2D eigenvalue weighted by Crippen LogP contribution is 2.40. The topological polar surface area (TPSA) is 64.3 Å². The summed E-state index contributed by atoms with van der Waals surface area (Å²) in [6.07, 6.45) is 3.84. The molecule has 0 aliphatic heterocycles. The molecule has 1 saturated carbocycles. The molecular weight excluding hydrogens is 312 g/mol. The zero-order valence-electron chi connectivity index (χ0n) is 16.6. The average molecular weight is 347 g/mol. The molecule has 25 heavy (non-hydrogen) atoms. The van der Waals surface area contributed by atoms with Crippen molar-refractivity contribution in [1.82, 2.24) is 0 Å². The summed E-state index contributed by atoms with van der Waals surface area (Å²) >= 11 is 0. The predicted molar refractivity (Wildman–Crippen MR) is 105 cm³/mol. The normalized spacial score (nSPS) is 23.1. The Hall–Kier alpha value is -1.71. The third-order valence-electron chi connectivity index (χ3n) is 4.63. The van der Waals surface area contributed by atoms with Gasteiger partial charge in [-0.2, -0.15) is 0 Å². The molecule has 3 N–H and O–H groups in total. The summed E-state index contributed by atoms with van der Waals surface area (Å²) in [7, 11) is 0. The van der Waals surface area contributed by atoms with Gasteiger partial charge in [0.05, 0.1) is 17.8 Å². The van der Waals surface area contributed by atoms with E-state index in [9.17, 15) is 4.79 Å². The number of esters is 1. The number of nitrogen functional groups attached to an aromatic ring is 1. The highest BCUT2D eigenvalue weighted by molar-refractivity contribution is 5.75. The second-order valence-electron chi connectivity index (χ2n) is 9.44. The van der Waals surface area contributed by atoms with Crippen molar-refractivity contribution in [3.63, 3.8) is 0 Å². The van der Waals surface area contributed by atoms with E-state index in [2.05, 4.69) is 26.1 Å². The molecular formula is C21H34N2O2. The average Bonchev–Trinajstić information content (AvgIpc) is 2.37. The molecule has 0 unspecified atom stereocenters. The van der Waals surface area contributed by atoms with Crippen molar-refractivity contribution >= 4 is 17.3 Å². The number of carbonyl (C=O) groups excluding carboxylic acids is 1. The van der Waals surface area contributed by atoms with Crippen LogP contribution in [0, 0.1) is 11.3 Å². The molecule has 1 aliphatic carbocycles. The third kappa shape index (κ3) is 6.26. The Balaban J connectivity index is 2.01. The SMILES string of the molecule is C[C@H]1C[C@@H](Nc2ccc(CC(=O)OC(C)(C)C)cc2N)CC(C)(C)C1. The van der Waals surface area contributed by atoms with Crippen LogP contribution in [0.3, 0.4) is 0 Å². The largest absolute Gasteiger partial charge is 0.460 e. The van der Waals surface area contributed by atoms with Gasteiger partial charge in [-0.3, -0.25) is 4.79 Å². The van der Waals surface area contributed by atoms with Crippen LogP contribution in [0.15, 0.2) is 18.2 Å². The second-order valence-corrected chi connectivity index (χ2v) is 9.44. The zero-order chi connectivity index (χ0) is 18.8. The van der Waals surface area contributed by atoms with Crippen LogP contribution < -0.4 is 11.1 Å². The quantitative estimate of drug-likeness (QED) is 0.608. The fourth-order valence-corrected chi connectivity index (χ4v) is 4.07. The van der Waals surface area contributed by atoms with Crippen molar-refractivity contribution in [2.24, 2.45) is 11.3 Å². The summed E-state index contributed by atoms with van der Waals surface area (Å²) in [6, 6.07) is 6.27. The van der Waals surface area contributed by atoms with Crippen molar-refractivity contribution in [2.75, 3.05) is 11.1 Å². The zero-order valence-corrected chi connectivity index (χ0v) is 16.6. The van der Waals surface area contributed by atoms with Crippen molar-refractivity contribution in [3.8, 4) is 0 Å². The van der Waals surface area contributed by atoms with Gasteiger partial charge >= 0.3 is 5.97 Å². The van der Waals surface area contributed by atoms with E-state index in [0.29, 0.717) is 23.1 Å². The van der Waals surface area contributed by atoms with Crippen LogP contribution in [-0.2, 0) is 16.0 Å². The maximum Gasteiger partial charge on any atom is 0.310 e. The molecule has 140 valence electrons. The molecule has 0 aromatic heterocycles. The third-order valence-corrected chi connectivity index (χ3v) is 4.63. The van der Waals surface area contributed by atoms with E-state index in [1.54, 1.807) is 0 Å². The number of nitrogens with one attached hydrogen (secondary N) is 1. The molecule has 0 radical (unpaired) electrons. The number of benzene rings is 1. The van der Waals surface area contributed by atoms with E-state index < -0.39 is 5.60 Å². The molecule has 0 amide bonds. The van der Waals surface area contributed by atoms with E-state index in [0.717, 1.165) is 17.7 Å². The summed E-state index contributed by atoms with van der Waals surface area (Å²) in [5, 5.41) is 3.61. The predicted octanol–water partition coefficient (Wildman–Crippen LogP) is 4.78. The Kier molecular flexibility index (Phi) is 5.70. The molecule has 2 atom stereocenters. The minimum Gasteiger partial charge on any atom is -0.460 e. The standard InChI is InChI=1S/C21H34N2O2/c1-14-9-16(13-21(5,6)12-14)23-18-8-7-15(10-17(18)22)11-19(24)25-20(2,3)4/h7-8,10,14,16,23H,9,11-13,22H2,1-6H3/t14-,16+/m0/s1. The van der Waals surface area contributed by atoms with E-state index in [-0.39, 0.29) is 12.4 Å². The fraction of sp³-hybridized carbons (Fsp3) is 0.667. The maximum absolute atomic E-state index is 12.0. The van der Waals surface area contributed by atoms with Gasteiger partial charge in [0.2, 0.25) is 0 Å². The second kappa shape index (κ2) is 7.27. The first-order valence-electron chi connectivity index (χ1n) is 9.30. The smallest absolute Gasteiger partial charge is 0.310 e. The Morgan fingerprint density at radius 1 is 1.32 bits per heavy atom. The number of rotatable bonds is 4. The maximum atomic E-state index is 12.0. The molecule has 1 fully saturated rings. The molecule has 0 heterocycles. The lowest BCUT2D eigenvalue weighted by Crippen LogP contribution is -2.35. The van der Waals surface area contributed by atoms with Crippen LogP contribution in [0.2, 0.25) is 0 Å². The highest BCUT2D eigenvalue weighted by Gasteiger charge is 2.32. The van der Waals surface area contributed by atoms with Crippen LogP contribution in [0.5, 0.6) is 0 Å². The molecule has 0 spiro atoms. The molecule has 1 aromatic carbocycles. The van der Waals surface area contributed by atoms with Crippen molar-refractivity contribution in [2.45, 2.75) is 78.9 Å². The van der Waals surface area contributed by atoms with Crippen molar-refractivity contribution in [1.29, 1.82) is 0 Å². The van der Waals surface area contributed by atoms with Crippen LogP contribution in [0.1, 0.15) is 66.4 Å². The lowest BCUT2D eigenvalue weighted by atomic mass is 9.70. The Morgan fingerprint density at radius 3 is 2.56 bits per heavy atom. The Morgan fingerprint density at radius 2 is 2.00 bits per heavy atom.